The number of ether oxygens (including phenoxy) is 2. The van der Waals surface area contributed by atoms with Gasteiger partial charge in [0, 0.05) is 6.61 Å². The van der Waals surface area contributed by atoms with E-state index < -0.39 is 0 Å². The van der Waals surface area contributed by atoms with E-state index in [-0.39, 0.29) is 11.9 Å². The van der Waals surface area contributed by atoms with Gasteiger partial charge < -0.3 is 9.47 Å². The van der Waals surface area contributed by atoms with Crippen molar-refractivity contribution in [2.24, 2.45) is 17.8 Å². The zero-order chi connectivity index (χ0) is 12.1. The Morgan fingerprint density at radius 3 is 2.47 bits per heavy atom. The summed E-state index contributed by atoms with van der Waals surface area (Å²) in [6.07, 6.45) is 7.17. The third-order valence-corrected chi connectivity index (χ3v) is 4.14. The molecule has 2 rings (SSSR count). The Bertz CT molecular complexity index is 240. The quantitative estimate of drug-likeness (QED) is 0.529. The van der Waals surface area contributed by atoms with E-state index in [0.717, 1.165) is 37.7 Å². The highest BCUT2D eigenvalue weighted by Crippen LogP contribution is 2.46. The first-order chi connectivity index (χ1) is 8.31. The minimum absolute atomic E-state index is 0.0134. The lowest BCUT2D eigenvalue weighted by Gasteiger charge is -2.11. The summed E-state index contributed by atoms with van der Waals surface area (Å²) in [5, 5.41) is 0. The smallest absolute Gasteiger partial charge is 0.309 e. The van der Waals surface area contributed by atoms with Crippen LogP contribution in [0.15, 0.2) is 0 Å². The summed E-state index contributed by atoms with van der Waals surface area (Å²) >= 11 is 0. The molecule has 0 radical (unpaired) electrons. The lowest BCUT2D eigenvalue weighted by molar-refractivity contribution is -0.150. The van der Waals surface area contributed by atoms with Crippen molar-refractivity contribution in [1.29, 1.82) is 0 Å². The topological polar surface area (TPSA) is 35.5 Å². The van der Waals surface area contributed by atoms with Crippen molar-refractivity contribution in [1.82, 2.24) is 0 Å². The van der Waals surface area contributed by atoms with Crippen LogP contribution in [-0.4, -0.2) is 25.8 Å². The molecule has 0 aromatic heterocycles. The standard InChI is InChI=1S/C14H24O3/c1-2-6-16-7-8-17-14(15)13-9-11-4-3-5-12(11)10-13/h11-13H,2-10H2,1H3/t11-,12+,13?. The fourth-order valence-corrected chi connectivity index (χ4v) is 3.32. The van der Waals surface area contributed by atoms with Gasteiger partial charge in [0.05, 0.1) is 12.5 Å². The minimum Gasteiger partial charge on any atom is -0.463 e. The Morgan fingerprint density at radius 1 is 1.12 bits per heavy atom. The summed E-state index contributed by atoms with van der Waals surface area (Å²) in [5.74, 6) is 1.81. The molecule has 98 valence electrons. The van der Waals surface area contributed by atoms with Crippen LogP contribution in [-0.2, 0) is 14.3 Å². The normalized spacial score (nSPS) is 31.5. The molecule has 3 heteroatoms. The van der Waals surface area contributed by atoms with Crippen molar-refractivity contribution in [3.05, 3.63) is 0 Å². The molecule has 3 atom stereocenters. The van der Waals surface area contributed by atoms with Crippen molar-refractivity contribution < 1.29 is 14.3 Å². The predicted molar refractivity (Wildman–Crippen MR) is 65.6 cm³/mol. The van der Waals surface area contributed by atoms with Gasteiger partial charge in [-0.3, -0.25) is 4.79 Å². The van der Waals surface area contributed by atoms with Crippen LogP contribution in [0.1, 0.15) is 45.4 Å². The molecule has 3 nitrogen and oxygen atoms in total. The number of carbonyl (C=O) groups excluding carboxylic acids is 1. The average Bonchev–Trinajstić information content (AvgIpc) is 2.88. The summed E-state index contributed by atoms with van der Waals surface area (Å²) in [4.78, 5) is 11.8. The van der Waals surface area contributed by atoms with Gasteiger partial charge in [-0.05, 0) is 31.1 Å². The second-order valence-corrected chi connectivity index (χ2v) is 5.40. The fraction of sp³-hybridized carbons (Fsp3) is 0.929. The van der Waals surface area contributed by atoms with E-state index in [1.807, 2.05) is 0 Å². The fourth-order valence-electron chi connectivity index (χ4n) is 3.32. The Labute approximate surface area is 104 Å². The zero-order valence-corrected chi connectivity index (χ0v) is 10.8. The van der Waals surface area contributed by atoms with Crippen LogP contribution in [0, 0.1) is 17.8 Å². The molecule has 2 aliphatic rings. The van der Waals surface area contributed by atoms with E-state index in [9.17, 15) is 4.79 Å². The van der Waals surface area contributed by atoms with Gasteiger partial charge in [-0.1, -0.05) is 26.2 Å². The van der Waals surface area contributed by atoms with Crippen LogP contribution < -0.4 is 0 Å². The molecule has 0 heterocycles. The van der Waals surface area contributed by atoms with Gasteiger partial charge >= 0.3 is 5.97 Å². The van der Waals surface area contributed by atoms with Gasteiger partial charge in [0.1, 0.15) is 6.61 Å². The van der Waals surface area contributed by atoms with E-state index in [4.69, 9.17) is 9.47 Å². The lowest BCUT2D eigenvalue weighted by atomic mass is 10.0. The van der Waals surface area contributed by atoms with Crippen LogP contribution in [0.2, 0.25) is 0 Å². The number of carbonyl (C=O) groups is 1. The number of rotatable bonds is 6. The summed E-state index contributed by atoms with van der Waals surface area (Å²) in [6, 6.07) is 0. The SMILES string of the molecule is CCCOCCOC(=O)C1C[C@H]2CCC[C@H]2C1. The molecule has 0 amide bonds. The van der Waals surface area contributed by atoms with Crippen LogP contribution in [0.25, 0.3) is 0 Å². The molecule has 0 N–H and O–H groups in total. The zero-order valence-electron chi connectivity index (χ0n) is 10.8. The van der Waals surface area contributed by atoms with E-state index in [2.05, 4.69) is 6.92 Å². The van der Waals surface area contributed by atoms with Gasteiger partial charge in [0.25, 0.3) is 0 Å². The van der Waals surface area contributed by atoms with Gasteiger partial charge in [0.2, 0.25) is 0 Å². The second-order valence-electron chi connectivity index (χ2n) is 5.40. The maximum atomic E-state index is 11.8. The first kappa shape index (κ1) is 12.9. The van der Waals surface area contributed by atoms with Crippen molar-refractivity contribution in [3.8, 4) is 0 Å². The number of hydrogen-bond acceptors (Lipinski definition) is 3. The molecule has 0 aliphatic heterocycles. The molecule has 17 heavy (non-hydrogen) atoms. The molecule has 2 saturated carbocycles. The maximum absolute atomic E-state index is 11.8. The third kappa shape index (κ3) is 3.44. The molecule has 0 spiro atoms. The van der Waals surface area contributed by atoms with E-state index in [1.165, 1.54) is 19.3 Å². The molecular weight excluding hydrogens is 216 g/mol. The van der Waals surface area contributed by atoms with Crippen molar-refractivity contribution in [2.75, 3.05) is 19.8 Å². The number of hydrogen-bond donors (Lipinski definition) is 0. The first-order valence-corrected chi connectivity index (χ1v) is 7.05. The summed E-state index contributed by atoms with van der Waals surface area (Å²) in [6.45, 7) is 3.79. The minimum atomic E-state index is 0.0134. The highest BCUT2D eigenvalue weighted by atomic mass is 16.6. The van der Waals surface area contributed by atoms with Gasteiger partial charge in [-0.25, -0.2) is 0 Å². The highest BCUT2D eigenvalue weighted by Gasteiger charge is 2.40. The molecule has 0 bridgehead atoms. The Balaban J connectivity index is 1.60. The average molecular weight is 240 g/mol. The molecule has 0 aromatic rings. The first-order valence-electron chi connectivity index (χ1n) is 7.05. The van der Waals surface area contributed by atoms with Gasteiger partial charge in [0.15, 0.2) is 0 Å². The molecule has 0 aromatic carbocycles. The second kappa shape index (κ2) is 6.39. The molecule has 2 aliphatic carbocycles. The van der Waals surface area contributed by atoms with Crippen LogP contribution in [0.3, 0.4) is 0 Å². The van der Waals surface area contributed by atoms with E-state index in [1.54, 1.807) is 0 Å². The lowest BCUT2D eigenvalue weighted by Crippen LogP contribution is -2.18. The van der Waals surface area contributed by atoms with Crippen molar-refractivity contribution in [2.45, 2.75) is 45.4 Å². The Hall–Kier alpha value is -0.570. The number of fused-ring (bicyclic) bond motifs is 1. The van der Waals surface area contributed by atoms with Crippen LogP contribution >= 0.6 is 0 Å². The van der Waals surface area contributed by atoms with Gasteiger partial charge in [-0.15, -0.1) is 0 Å². The van der Waals surface area contributed by atoms with Gasteiger partial charge in [-0.2, -0.15) is 0 Å². The Kier molecular flexibility index (Phi) is 4.84. The monoisotopic (exact) mass is 240 g/mol. The van der Waals surface area contributed by atoms with Crippen molar-refractivity contribution in [3.63, 3.8) is 0 Å². The summed E-state index contributed by atoms with van der Waals surface area (Å²) in [5.41, 5.74) is 0. The molecule has 1 unspecified atom stereocenters. The Morgan fingerprint density at radius 2 is 1.82 bits per heavy atom. The van der Waals surface area contributed by atoms with E-state index >= 15 is 0 Å². The largest absolute Gasteiger partial charge is 0.463 e. The van der Waals surface area contributed by atoms with Crippen LogP contribution in [0.5, 0.6) is 0 Å². The highest BCUT2D eigenvalue weighted by molar-refractivity contribution is 5.72. The van der Waals surface area contributed by atoms with E-state index in [0.29, 0.717) is 13.2 Å². The summed E-state index contributed by atoms with van der Waals surface area (Å²) < 4.78 is 10.6. The third-order valence-electron chi connectivity index (χ3n) is 4.14. The molecular formula is C14H24O3. The maximum Gasteiger partial charge on any atom is 0.309 e. The molecule has 2 fully saturated rings. The molecule has 0 saturated heterocycles. The predicted octanol–water partition coefficient (Wildman–Crippen LogP) is 2.78. The summed E-state index contributed by atoms with van der Waals surface area (Å²) in [7, 11) is 0. The van der Waals surface area contributed by atoms with Crippen molar-refractivity contribution >= 4 is 5.97 Å². The van der Waals surface area contributed by atoms with Crippen LogP contribution in [0.4, 0.5) is 0 Å². The number of esters is 1.